The van der Waals surface area contributed by atoms with E-state index < -0.39 is 0 Å². The first-order valence-electron chi connectivity index (χ1n) is 8.36. The second kappa shape index (κ2) is 8.57. The van der Waals surface area contributed by atoms with Gasteiger partial charge in [0.2, 0.25) is 0 Å². The highest BCUT2D eigenvalue weighted by molar-refractivity contribution is 7.11. The smallest absolute Gasteiger partial charge is 0.191 e. The number of nitrogens with zero attached hydrogens (tertiary/aromatic N) is 4. The van der Waals surface area contributed by atoms with Gasteiger partial charge in [0, 0.05) is 30.0 Å². The van der Waals surface area contributed by atoms with E-state index >= 15 is 0 Å². The number of hydrogen-bond donors (Lipinski definition) is 2. The zero-order valence-electron chi connectivity index (χ0n) is 14.7. The molecule has 0 unspecified atom stereocenters. The van der Waals surface area contributed by atoms with E-state index in [1.165, 1.54) is 10.9 Å². The van der Waals surface area contributed by atoms with Crippen LogP contribution in [0.4, 0.5) is 4.39 Å². The quantitative estimate of drug-likeness (QED) is 0.516. The molecule has 0 atom stereocenters. The molecule has 0 fully saturated rings. The fraction of sp³-hybridized carbons (Fsp3) is 0.278. The molecule has 2 aromatic heterocycles. The van der Waals surface area contributed by atoms with E-state index in [9.17, 15) is 4.39 Å². The van der Waals surface area contributed by atoms with Crippen molar-refractivity contribution in [2.45, 2.75) is 26.9 Å². The summed E-state index contributed by atoms with van der Waals surface area (Å²) in [5.74, 6) is 0.381. The van der Waals surface area contributed by atoms with Crippen molar-refractivity contribution in [1.29, 1.82) is 0 Å². The van der Waals surface area contributed by atoms with Gasteiger partial charge in [0.1, 0.15) is 10.8 Å². The monoisotopic (exact) mass is 372 g/mol. The van der Waals surface area contributed by atoms with Crippen molar-refractivity contribution in [2.75, 3.05) is 6.54 Å². The van der Waals surface area contributed by atoms with Gasteiger partial charge in [-0.3, -0.25) is 0 Å². The summed E-state index contributed by atoms with van der Waals surface area (Å²) in [6, 6.07) is 5.11. The topological polar surface area (TPSA) is 67.1 Å². The van der Waals surface area contributed by atoms with Crippen LogP contribution in [0.15, 0.2) is 48.1 Å². The number of guanidine groups is 1. The van der Waals surface area contributed by atoms with Crippen LogP contribution in [0, 0.1) is 12.7 Å². The Morgan fingerprint density at radius 1 is 1.35 bits per heavy atom. The van der Waals surface area contributed by atoms with Crippen molar-refractivity contribution in [1.82, 2.24) is 25.2 Å². The molecule has 8 heteroatoms. The number of thiazole rings is 1. The number of aliphatic imine (C=N–C) groups is 1. The van der Waals surface area contributed by atoms with Crippen molar-refractivity contribution in [2.24, 2.45) is 4.99 Å². The Morgan fingerprint density at radius 3 is 2.88 bits per heavy atom. The fourth-order valence-electron chi connectivity index (χ4n) is 2.41. The van der Waals surface area contributed by atoms with Crippen LogP contribution in [0.2, 0.25) is 0 Å². The minimum absolute atomic E-state index is 0.299. The number of hydrogen-bond acceptors (Lipinski definition) is 4. The Labute approximate surface area is 155 Å². The molecule has 3 rings (SSSR count). The van der Waals surface area contributed by atoms with Crippen LogP contribution in [-0.2, 0) is 13.1 Å². The molecule has 0 saturated heterocycles. The molecule has 1 aromatic carbocycles. The van der Waals surface area contributed by atoms with E-state index in [1.807, 2.05) is 26.1 Å². The average Bonchev–Trinajstić information content (AvgIpc) is 3.29. The van der Waals surface area contributed by atoms with Gasteiger partial charge >= 0.3 is 0 Å². The van der Waals surface area contributed by atoms with Crippen molar-refractivity contribution in [3.05, 3.63) is 64.4 Å². The zero-order valence-corrected chi connectivity index (χ0v) is 15.6. The molecule has 0 amide bonds. The summed E-state index contributed by atoms with van der Waals surface area (Å²) in [5.41, 5.74) is 1.27. The number of imidazole rings is 1. The molecule has 136 valence electrons. The van der Waals surface area contributed by atoms with Gasteiger partial charge in [0.25, 0.3) is 0 Å². The molecular formula is C18H21FN6S. The molecule has 0 aliphatic carbocycles. The highest BCUT2D eigenvalue weighted by Crippen LogP contribution is 2.15. The van der Waals surface area contributed by atoms with E-state index in [-0.39, 0.29) is 5.82 Å². The number of aromatic nitrogens is 3. The Hall–Kier alpha value is -2.74. The molecule has 6 nitrogen and oxygen atoms in total. The summed E-state index contributed by atoms with van der Waals surface area (Å²) < 4.78 is 16.0. The summed E-state index contributed by atoms with van der Waals surface area (Å²) >= 11 is 1.65. The van der Waals surface area contributed by atoms with Gasteiger partial charge in [-0.2, -0.15) is 0 Å². The molecule has 0 aliphatic rings. The first kappa shape index (κ1) is 18.1. The van der Waals surface area contributed by atoms with Crippen LogP contribution in [0.5, 0.6) is 0 Å². The van der Waals surface area contributed by atoms with Crippen molar-refractivity contribution in [3.8, 4) is 5.69 Å². The van der Waals surface area contributed by atoms with Crippen LogP contribution in [0.25, 0.3) is 5.69 Å². The van der Waals surface area contributed by atoms with Crippen molar-refractivity contribution in [3.63, 3.8) is 0 Å². The van der Waals surface area contributed by atoms with Gasteiger partial charge < -0.3 is 15.2 Å². The number of benzene rings is 1. The summed E-state index contributed by atoms with van der Waals surface area (Å²) in [4.78, 5) is 14.0. The van der Waals surface area contributed by atoms with Gasteiger partial charge in [-0.25, -0.2) is 19.4 Å². The Bertz CT molecular complexity index is 872. The third-order valence-corrected chi connectivity index (χ3v) is 4.55. The number of halogens is 1. The van der Waals surface area contributed by atoms with Gasteiger partial charge in [-0.15, -0.1) is 11.3 Å². The minimum Gasteiger partial charge on any atom is -0.357 e. The van der Waals surface area contributed by atoms with Crippen LogP contribution in [0.1, 0.15) is 22.4 Å². The fourth-order valence-corrected chi connectivity index (χ4v) is 3.14. The van der Waals surface area contributed by atoms with Gasteiger partial charge in [0.05, 0.1) is 25.1 Å². The van der Waals surface area contributed by atoms with Crippen LogP contribution in [-0.4, -0.2) is 27.0 Å². The van der Waals surface area contributed by atoms with Gasteiger partial charge in [0.15, 0.2) is 5.96 Å². The molecule has 0 saturated carbocycles. The Balaban J connectivity index is 1.66. The van der Waals surface area contributed by atoms with Gasteiger partial charge in [-0.1, -0.05) is 6.07 Å². The lowest BCUT2D eigenvalue weighted by atomic mass is 10.2. The molecule has 2 N–H and O–H groups in total. The van der Waals surface area contributed by atoms with E-state index in [4.69, 9.17) is 0 Å². The molecule has 0 aliphatic heterocycles. The van der Waals surface area contributed by atoms with Gasteiger partial charge in [-0.05, 0) is 31.5 Å². The van der Waals surface area contributed by atoms with E-state index in [1.54, 1.807) is 40.7 Å². The van der Waals surface area contributed by atoms with Crippen LogP contribution < -0.4 is 10.6 Å². The van der Waals surface area contributed by atoms with E-state index in [0.717, 1.165) is 17.1 Å². The minimum atomic E-state index is -0.299. The molecule has 3 aromatic rings. The maximum absolute atomic E-state index is 14.3. The molecule has 0 radical (unpaired) electrons. The van der Waals surface area contributed by atoms with Crippen LogP contribution in [0.3, 0.4) is 0 Å². The summed E-state index contributed by atoms with van der Waals surface area (Å²) in [5, 5.41) is 7.44. The lowest BCUT2D eigenvalue weighted by Crippen LogP contribution is -2.36. The SMILES string of the molecule is CCNC(=NCc1ccc(-n2ccnc2)c(F)c1)NCc1ncc(C)s1. The third kappa shape index (κ3) is 4.66. The highest BCUT2D eigenvalue weighted by Gasteiger charge is 2.06. The Morgan fingerprint density at radius 2 is 2.23 bits per heavy atom. The maximum Gasteiger partial charge on any atom is 0.191 e. The summed E-state index contributed by atoms with van der Waals surface area (Å²) in [7, 11) is 0. The van der Waals surface area contributed by atoms with Crippen molar-refractivity contribution < 1.29 is 4.39 Å². The molecular weight excluding hydrogens is 351 g/mol. The Kier molecular flexibility index (Phi) is 5.96. The molecule has 2 heterocycles. The number of aryl methyl sites for hydroxylation is 1. The standard InChI is InChI=1S/C18H21FN6S/c1-3-21-18(24-11-17-22-9-13(2)26-17)23-10-14-4-5-16(15(19)8-14)25-7-6-20-12-25/h4-9,12H,3,10-11H2,1-2H3,(H2,21,23,24). The first-order chi connectivity index (χ1) is 12.7. The molecule has 0 bridgehead atoms. The van der Waals surface area contributed by atoms with Crippen molar-refractivity contribution >= 4 is 17.3 Å². The molecule has 0 spiro atoms. The maximum atomic E-state index is 14.3. The van der Waals surface area contributed by atoms with E-state index in [2.05, 4.69) is 25.6 Å². The second-order valence-corrected chi connectivity index (χ2v) is 6.99. The zero-order chi connectivity index (χ0) is 18.4. The number of rotatable bonds is 6. The highest BCUT2D eigenvalue weighted by atomic mass is 32.1. The second-order valence-electron chi connectivity index (χ2n) is 5.67. The summed E-state index contributed by atoms with van der Waals surface area (Å²) in [6.07, 6.45) is 6.76. The lowest BCUT2D eigenvalue weighted by Gasteiger charge is -2.10. The predicted molar refractivity (Wildman–Crippen MR) is 102 cm³/mol. The predicted octanol–water partition coefficient (Wildman–Crippen LogP) is 3.03. The average molecular weight is 372 g/mol. The number of nitrogens with one attached hydrogen (secondary N) is 2. The van der Waals surface area contributed by atoms with E-state index in [0.29, 0.717) is 24.7 Å². The largest absolute Gasteiger partial charge is 0.357 e. The third-order valence-electron chi connectivity index (χ3n) is 3.63. The first-order valence-corrected chi connectivity index (χ1v) is 9.17. The van der Waals surface area contributed by atoms with Crippen LogP contribution >= 0.6 is 11.3 Å². The summed E-state index contributed by atoms with van der Waals surface area (Å²) in [6.45, 7) is 5.77. The normalized spacial score (nSPS) is 11.6. The molecule has 26 heavy (non-hydrogen) atoms. The lowest BCUT2D eigenvalue weighted by molar-refractivity contribution is 0.615.